The first-order chi connectivity index (χ1) is 9.60. The van der Waals surface area contributed by atoms with E-state index in [0.29, 0.717) is 0 Å². The predicted octanol–water partition coefficient (Wildman–Crippen LogP) is 3.88. The number of fused-ring (bicyclic) bond motifs is 1. The van der Waals surface area contributed by atoms with E-state index in [4.69, 9.17) is 4.74 Å². The highest BCUT2D eigenvalue weighted by Crippen LogP contribution is 2.23. The van der Waals surface area contributed by atoms with Gasteiger partial charge in [-0.25, -0.2) is 0 Å². The minimum Gasteiger partial charge on any atom is -0.494 e. The van der Waals surface area contributed by atoms with Crippen LogP contribution in [-0.4, -0.2) is 30.0 Å². The molecule has 20 heavy (non-hydrogen) atoms. The van der Waals surface area contributed by atoms with Gasteiger partial charge in [0.1, 0.15) is 5.75 Å². The third kappa shape index (κ3) is 3.71. The molecule has 0 spiro atoms. The Balaban J connectivity index is 2.22. The van der Waals surface area contributed by atoms with Crippen molar-refractivity contribution in [2.24, 2.45) is 0 Å². The molecule has 0 radical (unpaired) electrons. The number of benzene rings is 2. The third-order valence-corrected chi connectivity index (χ3v) is 3.52. The molecule has 0 aliphatic carbocycles. The molecule has 1 atom stereocenters. The lowest BCUT2D eigenvalue weighted by atomic mass is 10.0. The first-order valence-corrected chi connectivity index (χ1v) is 7.17. The van der Waals surface area contributed by atoms with E-state index in [2.05, 4.69) is 37.3 Å². The van der Waals surface area contributed by atoms with Gasteiger partial charge in [-0.1, -0.05) is 31.2 Å². The van der Waals surface area contributed by atoms with Gasteiger partial charge >= 0.3 is 0 Å². The molecular formula is C17H23NO2. The summed E-state index contributed by atoms with van der Waals surface area (Å²) < 4.78 is 5.67. The van der Waals surface area contributed by atoms with E-state index < -0.39 is 0 Å². The van der Waals surface area contributed by atoms with E-state index in [-0.39, 0.29) is 6.04 Å². The second-order valence-electron chi connectivity index (χ2n) is 5.32. The minimum absolute atomic E-state index is 0.104. The number of rotatable bonds is 6. The fraction of sp³-hybridized carbons (Fsp3) is 0.412. The first-order valence-electron chi connectivity index (χ1n) is 7.17. The van der Waals surface area contributed by atoms with Crippen molar-refractivity contribution < 1.29 is 9.94 Å². The maximum absolute atomic E-state index is 9.45. The van der Waals surface area contributed by atoms with E-state index in [1.807, 2.05) is 13.0 Å². The number of hydroxylamine groups is 2. The zero-order chi connectivity index (χ0) is 14.5. The summed E-state index contributed by atoms with van der Waals surface area (Å²) in [5, 5.41) is 13.1. The van der Waals surface area contributed by atoms with E-state index in [0.717, 1.165) is 25.2 Å². The van der Waals surface area contributed by atoms with Crippen LogP contribution in [0, 0.1) is 0 Å². The zero-order valence-electron chi connectivity index (χ0n) is 12.5. The number of likely N-dealkylation sites (N-methyl/N-ethyl adjacent to an activating group) is 1. The highest BCUT2D eigenvalue weighted by Gasteiger charge is 2.08. The van der Waals surface area contributed by atoms with Crippen molar-refractivity contribution in [2.75, 3.05) is 13.7 Å². The summed E-state index contributed by atoms with van der Waals surface area (Å²) in [5.41, 5.74) is 1.22. The van der Waals surface area contributed by atoms with Gasteiger partial charge in [0, 0.05) is 13.1 Å². The van der Waals surface area contributed by atoms with Crippen LogP contribution in [-0.2, 0) is 6.42 Å². The molecule has 0 heterocycles. The first kappa shape index (κ1) is 14.8. The van der Waals surface area contributed by atoms with Crippen LogP contribution >= 0.6 is 0 Å². The molecule has 108 valence electrons. The summed E-state index contributed by atoms with van der Waals surface area (Å²) in [4.78, 5) is 0. The van der Waals surface area contributed by atoms with Crippen molar-refractivity contribution in [2.45, 2.75) is 32.7 Å². The Morgan fingerprint density at radius 3 is 2.60 bits per heavy atom. The van der Waals surface area contributed by atoms with Crippen molar-refractivity contribution in [3.63, 3.8) is 0 Å². The van der Waals surface area contributed by atoms with Gasteiger partial charge in [-0.15, -0.1) is 0 Å². The average Bonchev–Trinajstić information content (AvgIpc) is 2.44. The van der Waals surface area contributed by atoms with Crippen LogP contribution in [0.5, 0.6) is 5.75 Å². The Hall–Kier alpha value is -1.58. The van der Waals surface area contributed by atoms with Gasteiger partial charge in [0.25, 0.3) is 0 Å². The van der Waals surface area contributed by atoms with Crippen LogP contribution in [0.2, 0.25) is 0 Å². The maximum atomic E-state index is 9.45. The van der Waals surface area contributed by atoms with Crippen molar-refractivity contribution in [3.05, 3.63) is 42.0 Å². The lowest BCUT2D eigenvalue weighted by Gasteiger charge is -2.18. The molecule has 0 fully saturated rings. The molecule has 0 saturated heterocycles. The molecule has 3 nitrogen and oxygen atoms in total. The van der Waals surface area contributed by atoms with Gasteiger partial charge in [0.15, 0.2) is 0 Å². The molecule has 0 bridgehead atoms. The normalized spacial score (nSPS) is 12.8. The monoisotopic (exact) mass is 273 g/mol. The Morgan fingerprint density at radius 1 is 1.15 bits per heavy atom. The Bertz CT molecular complexity index is 566. The maximum Gasteiger partial charge on any atom is 0.119 e. The Kier molecular flexibility index (Phi) is 4.99. The average molecular weight is 273 g/mol. The van der Waals surface area contributed by atoms with Crippen molar-refractivity contribution in [1.82, 2.24) is 5.06 Å². The van der Waals surface area contributed by atoms with Gasteiger partial charge in [-0.2, -0.15) is 5.06 Å². The summed E-state index contributed by atoms with van der Waals surface area (Å²) >= 11 is 0. The van der Waals surface area contributed by atoms with Crippen LogP contribution in [0.1, 0.15) is 25.8 Å². The van der Waals surface area contributed by atoms with Crippen LogP contribution in [0.4, 0.5) is 0 Å². The summed E-state index contributed by atoms with van der Waals surface area (Å²) in [7, 11) is 1.68. The molecule has 0 aliphatic rings. The van der Waals surface area contributed by atoms with Gasteiger partial charge in [0.05, 0.1) is 6.61 Å². The third-order valence-electron chi connectivity index (χ3n) is 3.52. The van der Waals surface area contributed by atoms with E-state index >= 15 is 0 Å². The molecule has 2 aromatic rings. The molecule has 1 N–H and O–H groups in total. The molecule has 0 aromatic heterocycles. The highest BCUT2D eigenvalue weighted by molar-refractivity contribution is 5.84. The fourth-order valence-corrected chi connectivity index (χ4v) is 2.18. The standard InChI is InChI=1S/C17H23NO2/c1-4-9-20-17-8-7-15-6-5-14(11-16(15)12-17)10-13(2)18(3)19/h5-8,11-13,19H,4,9-10H2,1-3H3. The van der Waals surface area contributed by atoms with Gasteiger partial charge < -0.3 is 9.94 Å². The van der Waals surface area contributed by atoms with E-state index in [9.17, 15) is 5.21 Å². The summed E-state index contributed by atoms with van der Waals surface area (Å²) in [5.74, 6) is 0.920. The lowest BCUT2D eigenvalue weighted by molar-refractivity contribution is -0.0963. The molecule has 3 heteroatoms. The van der Waals surface area contributed by atoms with Gasteiger partial charge in [-0.3, -0.25) is 0 Å². The molecule has 0 saturated carbocycles. The van der Waals surface area contributed by atoms with Crippen LogP contribution < -0.4 is 4.74 Å². The fourth-order valence-electron chi connectivity index (χ4n) is 2.18. The molecule has 2 aromatic carbocycles. The molecule has 2 rings (SSSR count). The largest absolute Gasteiger partial charge is 0.494 e. The lowest BCUT2D eigenvalue weighted by Crippen LogP contribution is -2.27. The molecule has 0 aliphatic heterocycles. The Morgan fingerprint density at radius 2 is 1.90 bits per heavy atom. The Labute approximate surface area is 120 Å². The SMILES string of the molecule is CCCOc1ccc2ccc(CC(C)N(C)O)cc2c1. The second-order valence-corrected chi connectivity index (χ2v) is 5.32. The smallest absolute Gasteiger partial charge is 0.119 e. The summed E-state index contributed by atoms with van der Waals surface area (Å²) in [6.07, 6.45) is 1.83. The van der Waals surface area contributed by atoms with Crippen LogP contribution in [0.25, 0.3) is 10.8 Å². The molecule has 0 amide bonds. The minimum atomic E-state index is 0.104. The van der Waals surface area contributed by atoms with Gasteiger partial charge in [-0.05, 0) is 48.2 Å². The van der Waals surface area contributed by atoms with Crippen LogP contribution in [0.3, 0.4) is 0 Å². The number of nitrogens with zero attached hydrogens (tertiary/aromatic N) is 1. The summed E-state index contributed by atoms with van der Waals surface area (Å²) in [6, 6.07) is 12.7. The highest BCUT2D eigenvalue weighted by atomic mass is 16.5. The summed E-state index contributed by atoms with van der Waals surface area (Å²) in [6.45, 7) is 4.86. The number of hydrogen-bond donors (Lipinski definition) is 1. The van der Waals surface area contributed by atoms with E-state index in [1.165, 1.54) is 21.4 Å². The molecular weight excluding hydrogens is 250 g/mol. The topological polar surface area (TPSA) is 32.7 Å². The predicted molar refractivity (Wildman–Crippen MR) is 82.4 cm³/mol. The molecule has 1 unspecified atom stereocenters. The van der Waals surface area contributed by atoms with Crippen molar-refractivity contribution in [1.29, 1.82) is 0 Å². The van der Waals surface area contributed by atoms with Crippen molar-refractivity contribution >= 4 is 10.8 Å². The number of hydrogen-bond acceptors (Lipinski definition) is 3. The number of ether oxygens (including phenoxy) is 1. The van der Waals surface area contributed by atoms with Crippen molar-refractivity contribution in [3.8, 4) is 5.75 Å². The van der Waals surface area contributed by atoms with Crippen LogP contribution in [0.15, 0.2) is 36.4 Å². The quantitative estimate of drug-likeness (QED) is 0.811. The second kappa shape index (κ2) is 6.73. The van der Waals surface area contributed by atoms with Gasteiger partial charge in [0.2, 0.25) is 0 Å². The van der Waals surface area contributed by atoms with E-state index in [1.54, 1.807) is 7.05 Å². The zero-order valence-corrected chi connectivity index (χ0v) is 12.5.